The Kier molecular flexibility index (Phi) is 4.91. The van der Waals surface area contributed by atoms with E-state index < -0.39 is 11.6 Å². The molecule has 0 saturated carbocycles. The Morgan fingerprint density at radius 2 is 1.73 bits per heavy atom. The molecule has 1 heterocycles. The molecule has 0 amide bonds. The van der Waals surface area contributed by atoms with Gasteiger partial charge in [0.2, 0.25) is 0 Å². The van der Waals surface area contributed by atoms with Crippen LogP contribution in [0.3, 0.4) is 0 Å². The van der Waals surface area contributed by atoms with Gasteiger partial charge in [0.1, 0.15) is 0 Å². The Bertz CT molecular complexity index is 1300. The maximum Gasteiger partial charge on any atom is 0.336 e. The van der Waals surface area contributed by atoms with Crippen LogP contribution in [0.15, 0.2) is 72.9 Å². The topological polar surface area (TPSA) is 73.3 Å². The van der Waals surface area contributed by atoms with Gasteiger partial charge in [-0.2, -0.15) is 0 Å². The number of H-pyrrole nitrogens is 1. The number of aromatic carboxylic acids is 1. The summed E-state index contributed by atoms with van der Waals surface area (Å²) in [6.45, 7) is 3.47. The van der Waals surface area contributed by atoms with Crippen molar-refractivity contribution < 1.29 is 15.0 Å². The van der Waals surface area contributed by atoms with Crippen LogP contribution in [0.2, 0.25) is 0 Å². The van der Waals surface area contributed by atoms with Crippen LogP contribution in [0, 0.1) is 11.8 Å². The molecular weight excluding hydrogens is 374 g/mol. The van der Waals surface area contributed by atoms with Gasteiger partial charge in [-0.15, -0.1) is 0 Å². The smallest absolute Gasteiger partial charge is 0.336 e. The minimum Gasteiger partial charge on any atom is -0.478 e. The second kappa shape index (κ2) is 7.55. The number of aromatic amines is 1. The maximum absolute atomic E-state index is 11.9. The van der Waals surface area contributed by atoms with Crippen LogP contribution in [0.1, 0.15) is 40.9 Å². The van der Waals surface area contributed by atoms with Crippen LogP contribution in [0.5, 0.6) is 0 Å². The second-order valence-corrected chi connectivity index (χ2v) is 7.70. The molecule has 0 unspecified atom stereocenters. The molecule has 0 fully saturated rings. The zero-order valence-electron chi connectivity index (χ0n) is 16.7. The molecule has 4 aromatic rings. The molecular formula is C26H21NO3. The lowest BCUT2D eigenvalue weighted by atomic mass is 9.93. The maximum atomic E-state index is 11.9. The minimum atomic E-state index is -0.991. The molecule has 1 aromatic heterocycles. The number of aliphatic hydroxyl groups is 1. The highest BCUT2D eigenvalue weighted by molar-refractivity contribution is 5.99. The summed E-state index contributed by atoms with van der Waals surface area (Å²) < 4.78 is 0. The van der Waals surface area contributed by atoms with Crippen LogP contribution in [0.4, 0.5) is 0 Å². The minimum absolute atomic E-state index is 0.213. The fraction of sp³-hybridized carbons (Fsp3) is 0.115. The van der Waals surface area contributed by atoms with E-state index in [0.717, 1.165) is 27.6 Å². The summed E-state index contributed by atoms with van der Waals surface area (Å²) in [4.78, 5) is 15.1. The van der Waals surface area contributed by atoms with E-state index in [9.17, 15) is 15.0 Å². The number of hydrogen-bond acceptors (Lipinski definition) is 2. The predicted octanol–water partition coefficient (Wildman–Crippen LogP) is 5.16. The van der Waals surface area contributed by atoms with E-state index >= 15 is 0 Å². The number of benzene rings is 3. The fourth-order valence-electron chi connectivity index (χ4n) is 3.45. The van der Waals surface area contributed by atoms with Crippen molar-refractivity contribution in [1.82, 2.24) is 4.98 Å². The summed E-state index contributed by atoms with van der Waals surface area (Å²) in [7, 11) is 0. The first-order valence-corrected chi connectivity index (χ1v) is 9.62. The Labute approximate surface area is 174 Å². The van der Waals surface area contributed by atoms with Gasteiger partial charge < -0.3 is 15.2 Å². The van der Waals surface area contributed by atoms with Crippen LogP contribution in [-0.4, -0.2) is 21.2 Å². The molecule has 0 radical (unpaired) electrons. The lowest BCUT2D eigenvalue weighted by Crippen LogP contribution is -2.14. The Morgan fingerprint density at radius 3 is 2.43 bits per heavy atom. The third-order valence-corrected chi connectivity index (χ3v) is 5.07. The van der Waals surface area contributed by atoms with Gasteiger partial charge in [0.15, 0.2) is 0 Å². The quantitative estimate of drug-likeness (QED) is 0.420. The van der Waals surface area contributed by atoms with Crippen molar-refractivity contribution in [3.8, 4) is 23.0 Å². The first-order chi connectivity index (χ1) is 14.3. The Morgan fingerprint density at radius 1 is 0.967 bits per heavy atom. The number of carbonyl (C=O) groups is 1. The molecule has 0 spiro atoms. The molecule has 0 saturated heterocycles. The number of carboxylic acid groups (broad SMARTS) is 1. The third-order valence-electron chi connectivity index (χ3n) is 5.07. The average molecular weight is 395 g/mol. The van der Waals surface area contributed by atoms with Crippen LogP contribution in [-0.2, 0) is 5.60 Å². The van der Waals surface area contributed by atoms with Gasteiger partial charge in [0, 0.05) is 28.4 Å². The van der Waals surface area contributed by atoms with E-state index in [-0.39, 0.29) is 5.56 Å². The van der Waals surface area contributed by atoms with Gasteiger partial charge in [-0.25, -0.2) is 4.79 Å². The molecule has 0 atom stereocenters. The zero-order valence-corrected chi connectivity index (χ0v) is 16.7. The molecule has 4 nitrogen and oxygen atoms in total. The van der Waals surface area contributed by atoms with Crippen molar-refractivity contribution >= 4 is 16.9 Å². The van der Waals surface area contributed by atoms with Crippen LogP contribution < -0.4 is 0 Å². The van der Waals surface area contributed by atoms with E-state index in [1.807, 2.05) is 60.8 Å². The highest BCUT2D eigenvalue weighted by Gasteiger charge is 2.16. The first kappa shape index (κ1) is 19.5. The van der Waals surface area contributed by atoms with Crippen molar-refractivity contribution in [2.45, 2.75) is 19.4 Å². The molecule has 0 bridgehead atoms. The fourth-order valence-corrected chi connectivity index (χ4v) is 3.45. The van der Waals surface area contributed by atoms with E-state index in [0.29, 0.717) is 11.1 Å². The summed E-state index contributed by atoms with van der Waals surface area (Å²) in [5, 5.41) is 20.9. The molecule has 3 N–H and O–H groups in total. The summed E-state index contributed by atoms with van der Waals surface area (Å²) in [6.07, 6.45) is 1.86. The van der Waals surface area contributed by atoms with E-state index in [2.05, 4.69) is 16.8 Å². The highest BCUT2D eigenvalue weighted by Crippen LogP contribution is 2.30. The number of hydrogen-bond donors (Lipinski definition) is 3. The van der Waals surface area contributed by atoms with Crippen molar-refractivity contribution in [1.29, 1.82) is 0 Å². The molecule has 0 aliphatic rings. The normalized spacial score (nSPS) is 11.2. The van der Waals surface area contributed by atoms with Gasteiger partial charge in [0.05, 0.1) is 11.2 Å². The van der Waals surface area contributed by atoms with Gasteiger partial charge >= 0.3 is 5.97 Å². The molecule has 0 aliphatic carbocycles. The molecule has 3 aromatic carbocycles. The molecule has 4 heteroatoms. The van der Waals surface area contributed by atoms with Crippen molar-refractivity contribution in [3.63, 3.8) is 0 Å². The van der Waals surface area contributed by atoms with E-state index in [1.165, 1.54) is 0 Å². The number of nitrogens with one attached hydrogen (secondary N) is 1. The SMILES string of the molecule is CC(C)(O)c1ccc(C#Cc2cccc(C(=O)O)c2-c2ccc3cc[nH]c3c2)cc1. The summed E-state index contributed by atoms with van der Waals surface area (Å²) in [6, 6.07) is 20.3. The number of carboxylic acids is 1. The lowest BCUT2D eigenvalue weighted by Gasteiger charge is -2.17. The van der Waals surface area contributed by atoms with E-state index in [4.69, 9.17) is 0 Å². The highest BCUT2D eigenvalue weighted by atomic mass is 16.4. The van der Waals surface area contributed by atoms with Crippen LogP contribution >= 0.6 is 0 Å². The lowest BCUT2D eigenvalue weighted by molar-refractivity contribution is 0.0697. The third kappa shape index (κ3) is 3.84. The predicted molar refractivity (Wildman–Crippen MR) is 118 cm³/mol. The molecule has 4 rings (SSSR count). The van der Waals surface area contributed by atoms with E-state index in [1.54, 1.807) is 26.0 Å². The summed E-state index contributed by atoms with van der Waals surface area (Å²) in [5.74, 6) is 5.26. The number of rotatable bonds is 3. The standard InChI is InChI=1S/C26H21NO3/c1-26(2,30)21-12-7-17(8-13-21)6-9-19-4-3-5-22(25(28)29)24(19)20-11-10-18-14-15-27-23(18)16-20/h3-5,7-8,10-16,27,30H,1-2H3,(H,28,29). The van der Waals surface area contributed by atoms with Crippen molar-refractivity contribution in [3.05, 3.63) is 95.2 Å². The van der Waals surface area contributed by atoms with Gasteiger partial charge in [-0.3, -0.25) is 0 Å². The van der Waals surface area contributed by atoms with Gasteiger partial charge in [-0.1, -0.05) is 42.2 Å². The summed E-state index contributed by atoms with van der Waals surface area (Å²) in [5.41, 5.74) is 3.87. The van der Waals surface area contributed by atoms with Gasteiger partial charge in [0.25, 0.3) is 0 Å². The Hall–Kier alpha value is -3.81. The first-order valence-electron chi connectivity index (χ1n) is 9.62. The monoisotopic (exact) mass is 395 g/mol. The largest absolute Gasteiger partial charge is 0.478 e. The van der Waals surface area contributed by atoms with Crippen LogP contribution in [0.25, 0.3) is 22.0 Å². The number of aromatic nitrogens is 1. The Balaban J connectivity index is 1.80. The zero-order chi connectivity index (χ0) is 21.3. The summed E-state index contributed by atoms with van der Waals surface area (Å²) >= 11 is 0. The molecule has 148 valence electrons. The van der Waals surface area contributed by atoms with Gasteiger partial charge in [-0.05, 0) is 66.8 Å². The van der Waals surface area contributed by atoms with Crippen molar-refractivity contribution in [2.24, 2.45) is 0 Å². The molecule has 0 aliphatic heterocycles. The average Bonchev–Trinajstić information content (AvgIpc) is 3.19. The number of fused-ring (bicyclic) bond motifs is 1. The second-order valence-electron chi connectivity index (χ2n) is 7.70. The van der Waals surface area contributed by atoms with Crippen molar-refractivity contribution in [2.75, 3.05) is 0 Å². The molecule has 30 heavy (non-hydrogen) atoms.